The molecule has 2 heteroatoms. The summed E-state index contributed by atoms with van der Waals surface area (Å²) in [6.07, 6.45) is 5.50. The predicted octanol–water partition coefficient (Wildman–Crippen LogP) is 1.80. The number of hydrogen-bond donors (Lipinski definition) is 0. The summed E-state index contributed by atoms with van der Waals surface area (Å²) in [5, 5.41) is 0. The third kappa shape index (κ3) is 0.816. The van der Waals surface area contributed by atoms with Crippen molar-refractivity contribution in [2.75, 3.05) is 13.2 Å². The second-order valence-corrected chi connectivity index (χ2v) is 5.15. The predicted molar refractivity (Wildman–Crippen MR) is 47.1 cm³/mol. The summed E-state index contributed by atoms with van der Waals surface area (Å²) < 4.78 is 11.7. The Hall–Kier alpha value is -0.0800. The Balaban J connectivity index is 1.60. The van der Waals surface area contributed by atoms with Gasteiger partial charge in [-0.1, -0.05) is 0 Å². The molecule has 1 spiro atoms. The van der Waals surface area contributed by atoms with Crippen LogP contribution in [0.15, 0.2) is 0 Å². The van der Waals surface area contributed by atoms with Crippen molar-refractivity contribution in [3.8, 4) is 0 Å². The highest BCUT2D eigenvalue weighted by atomic mass is 16.7. The monoisotopic (exact) mass is 180 g/mol. The highest BCUT2D eigenvalue weighted by Gasteiger charge is 2.70. The molecular weight excluding hydrogens is 164 g/mol. The Morgan fingerprint density at radius 2 is 1.77 bits per heavy atom. The largest absolute Gasteiger partial charge is 0.347 e. The molecule has 0 unspecified atom stereocenters. The summed E-state index contributed by atoms with van der Waals surface area (Å²) in [7, 11) is 0. The lowest BCUT2D eigenvalue weighted by Gasteiger charge is -2.25. The molecule has 3 saturated carbocycles. The maximum absolute atomic E-state index is 5.84. The van der Waals surface area contributed by atoms with E-state index in [9.17, 15) is 0 Å². The highest BCUT2D eigenvalue weighted by Crippen LogP contribution is 2.70. The molecule has 0 aromatic heterocycles. The van der Waals surface area contributed by atoms with Gasteiger partial charge in [-0.25, -0.2) is 0 Å². The molecule has 3 aliphatic carbocycles. The summed E-state index contributed by atoms with van der Waals surface area (Å²) >= 11 is 0. The molecular formula is C11H16O2. The summed E-state index contributed by atoms with van der Waals surface area (Å²) in [5.74, 6) is 3.73. The zero-order valence-electron chi connectivity index (χ0n) is 7.87. The first-order chi connectivity index (χ1) is 6.41. The van der Waals surface area contributed by atoms with E-state index in [1.807, 2.05) is 0 Å². The van der Waals surface area contributed by atoms with Gasteiger partial charge in [-0.2, -0.15) is 0 Å². The van der Waals surface area contributed by atoms with Crippen LogP contribution < -0.4 is 0 Å². The molecule has 4 aliphatic rings. The molecule has 0 aromatic rings. The molecule has 0 aromatic carbocycles. The molecule has 0 bridgehead atoms. The Kier molecular flexibility index (Phi) is 1.18. The van der Waals surface area contributed by atoms with Crippen LogP contribution in [-0.4, -0.2) is 19.0 Å². The molecule has 72 valence electrons. The van der Waals surface area contributed by atoms with Crippen molar-refractivity contribution in [3.63, 3.8) is 0 Å². The van der Waals surface area contributed by atoms with E-state index in [-0.39, 0.29) is 5.79 Å². The summed E-state index contributed by atoms with van der Waals surface area (Å²) in [4.78, 5) is 0. The highest BCUT2D eigenvalue weighted by molar-refractivity contribution is 5.15. The molecule has 13 heavy (non-hydrogen) atoms. The van der Waals surface area contributed by atoms with Gasteiger partial charge in [0.1, 0.15) is 0 Å². The van der Waals surface area contributed by atoms with Crippen molar-refractivity contribution < 1.29 is 9.47 Å². The van der Waals surface area contributed by atoms with E-state index in [2.05, 4.69) is 0 Å². The van der Waals surface area contributed by atoms with E-state index in [1.54, 1.807) is 0 Å². The van der Waals surface area contributed by atoms with Crippen LogP contribution in [0.5, 0.6) is 0 Å². The van der Waals surface area contributed by atoms with Crippen LogP contribution in [0.4, 0.5) is 0 Å². The van der Waals surface area contributed by atoms with Crippen molar-refractivity contribution in [2.24, 2.45) is 23.7 Å². The summed E-state index contributed by atoms with van der Waals surface area (Å²) in [5.41, 5.74) is 0. The van der Waals surface area contributed by atoms with Gasteiger partial charge in [0.25, 0.3) is 0 Å². The van der Waals surface area contributed by atoms with Gasteiger partial charge < -0.3 is 9.47 Å². The topological polar surface area (TPSA) is 18.5 Å². The van der Waals surface area contributed by atoms with Gasteiger partial charge in [0.2, 0.25) is 0 Å². The molecule has 4 rings (SSSR count). The number of ether oxygens (including phenoxy) is 2. The van der Waals surface area contributed by atoms with Gasteiger partial charge in [-0.15, -0.1) is 0 Å². The van der Waals surface area contributed by atoms with E-state index in [0.29, 0.717) is 0 Å². The van der Waals surface area contributed by atoms with Gasteiger partial charge >= 0.3 is 0 Å². The lowest BCUT2D eigenvalue weighted by molar-refractivity contribution is -0.171. The third-order valence-electron chi connectivity index (χ3n) is 4.51. The number of fused-ring (bicyclic) bond motifs is 2. The normalized spacial score (nSPS) is 51.2. The van der Waals surface area contributed by atoms with Crippen LogP contribution in [0.3, 0.4) is 0 Å². The Labute approximate surface area is 78.6 Å². The fraction of sp³-hybridized carbons (Fsp3) is 1.00. The van der Waals surface area contributed by atoms with Crippen molar-refractivity contribution >= 4 is 0 Å². The van der Waals surface area contributed by atoms with Crippen molar-refractivity contribution in [3.05, 3.63) is 0 Å². The SMILES string of the molecule is C1COC2(CC[C@@H]3[C@H](C4CC4)[C@@H]32)O1. The first kappa shape index (κ1) is 7.24. The van der Waals surface area contributed by atoms with Crippen LogP contribution in [0.2, 0.25) is 0 Å². The van der Waals surface area contributed by atoms with E-state index in [4.69, 9.17) is 9.47 Å². The Morgan fingerprint density at radius 1 is 1.00 bits per heavy atom. The Bertz CT molecular complexity index is 235. The minimum absolute atomic E-state index is 0.0854. The van der Waals surface area contributed by atoms with Crippen molar-refractivity contribution in [1.82, 2.24) is 0 Å². The standard InChI is InChI=1S/C11H16O2/c1-2-7(1)9-8-3-4-11(10(8)9)12-5-6-13-11/h7-10H,1-6H2/t8-,9+,10-/m1/s1. The van der Waals surface area contributed by atoms with E-state index >= 15 is 0 Å². The van der Waals surface area contributed by atoms with E-state index in [0.717, 1.165) is 36.9 Å². The maximum Gasteiger partial charge on any atom is 0.171 e. The first-order valence-corrected chi connectivity index (χ1v) is 5.69. The molecule has 1 aliphatic heterocycles. The van der Waals surface area contributed by atoms with Gasteiger partial charge in [0.05, 0.1) is 13.2 Å². The van der Waals surface area contributed by atoms with Gasteiger partial charge in [-0.05, 0) is 37.0 Å². The molecule has 4 fully saturated rings. The van der Waals surface area contributed by atoms with Crippen LogP contribution in [-0.2, 0) is 9.47 Å². The molecule has 1 heterocycles. The lowest BCUT2D eigenvalue weighted by Crippen LogP contribution is -2.31. The van der Waals surface area contributed by atoms with Gasteiger partial charge in [-0.3, -0.25) is 0 Å². The molecule has 0 radical (unpaired) electrons. The summed E-state index contributed by atoms with van der Waals surface area (Å²) in [6, 6.07) is 0. The minimum Gasteiger partial charge on any atom is -0.347 e. The zero-order valence-corrected chi connectivity index (χ0v) is 7.87. The van der Waals surface area contributed by atoms with Gasteiger partial charge in [0, 0.05) is 12.3 Å². The number of rotatable bonds is 1. The fourth-order valence-electron chi connectivity index (χ4n) is 3.86. The molecule has 0 amide bonds. The average Bonchev–Trinajstić information content (AvgIpc) is 3.02. The van der Waals surface area contributed by atoms with Crippen molar-refractivity contribution in [2.45, 2.75) is 31.5 Å². The first-order valence-electron chi connectivity index (χ1n) is 5.69. The summed E-state index contributed by atoms with van der Waals surface area (Å²) in [6.45, 7) is 1.67. The number of hydrogen-bond acceptors (Lipinski definition) is 2. The maximum atomic E-state index is 5.84. The average molecular weight is 180 g/mol. The second kappa shape index (κ2) is 2.12. The molecule has 2 nitrogen and oxygen atoms in total. The molecule has 3 atom stereocenters. The molecule has 1 saturated heterocycles. The van der Waals surface area contributed by atoms with Crippen LogP contribution in [0.25, 0.3) is 0 Å². The quantitative estimate of drug-likeness (QED) is 0.612. The van der Waals surface area contributed by atoms with Crippen molar-refractivity contribution in [1.29, 1.82) is 0 Å². The van der Waals surface area contributed by atoms with Crippen LogP contribution in [0, 0.1) is 23.7 Å². The van der Waals surface area contributed by atoms with E-state index in [1.165, 1.54) is 25.7 Å². The molecule has 0 N–H and O–H groups in total. The van der Waals surface area contributed by atoms with Crippen LogP contribution >= 0.6 is 0 Å². The van der Waals surface area contributed by atoms with E-state index < -0.39 is 0 Å². The smallest absolute Gasteiger partial charge is 0.171 e. The van der Waals surface area contributed by atoms with Gasteiger partial charge in [0.15, 0.2) is 5.79 Å². The second-order valence-electron chi connectivity index (χ2n) is 5.15. The zero-order chi connectivity index (χ0) is 8.47. The fourth-order valence-corrected chi connectivity index (χ4v) is 3.86. The van der Waals surface area contributed by atoms with Crippen LogP contribution in [0.1, 0.15) is 25.7 Å². The Morgan fingerprint density at radius 3 is 2.46 bits per heavy atom. The lowest BCUT2D eigenvalue weighted by atomic mass is 10.0. The minimum atomic E-state index is -0.0854. The third-order valence-corrected chi connectivity index (χ3v) is 4.51.